The zero-order chi connectivity index (χ0) is 16.5. The Bertz CT molecular complexity index is 756. The van der Waals surface area contributed by atoms with Gasteiger partial charge in [-0.2, -0.15) is 0 Å². The van der Waals surface area contributed by atoms with Crippen LogP contribution in [0, 0.1) is 0 Å². The van der Waals surface area contributed by atoms with Crippen LogP contribution >= 0.6 is 0 Å². The van der Waals surface area contributed by atoms with Crippen molar-refractivity contribution in [2.45, 2.75) is 19.4 Å². The first-order valence-corrected chi connectivity index (χ1v) is 8.08. The molecule has 1 aromatic rings. The largest absolute Gasteiger partial charge is 0.454 e. The van der Waals surface area contributed by atoms with E-state index >= 15 is 0 Å². The third-order valence-electron chi connectivity index (χ3n) is 2.83. The van der Waals surface area contributed by atoms with Crippen molar-refractivity contribution in [3.63, 3.8) is 0 Å². The van der Waals surface area contributed by atoms with Crippen LogP contribution in [0.4, 0.5) is 0 Å². The summed E-state index contributed by atoms with van der Waals surface area (Å²) in [5.41, 5.74) is -1.33. The lowest BCUT2D eigenvalue weighted by Gasteiger charge is -2.22. The lowest BCUT2D eigenvalue weighted by atomic mass is 9.96. The summed E-state index contributed by atoms with van der Waals surface area (Å²) < 4.78 is 35.0. The molecule has 1 unspecified atom stereocenters. The van der Waals surface area contributed by atoms with Gasteiger partial charge in [-0.1, -0.05) is 6.07 Å². The molecule has 22 heavy (non-hydrogen) atoms. The Kier molecular flexibility index (Phi) is 3.92. The van der Waals surface area contributed by atoms with Crippen LogP contribution in [-0.4, -0.2) is 31.4 Å². The van der Waals surface area contributed by atoms with Gasteiger partial charge in [-0.3, -0.25) is 19.3 Å². The van der Waals surface area contributed by atoms with Gasteiger partial charge in [0.05, 0.1) is 11.9 Å². The summed E-state index contributed by atoms with van der Waals surface area (Å²) in [6, 6.07) is 4.85. The number of esters is 1. The minimum absolute atomic E-state index is 0.259. The van der Waals surface area contributed by atoms with Crippen molar-refractivity contribution in [3.8, 4) is 0 Å². The van der Waals surface area contributed by atoms with Crippen LogP contribution in [-0.2, 0) is 34.7 Å². The van der Waals surface area contributed by atoms with Crippen molar-refractivity contribution in [2.75, 3.05) is 6.26 Å². The summed E-state index contributed by atoms with van der Waals surface area (Å²) in [5.74, 6) is -2.40. The first-order valence-electron chi connectivity index (χ1n) is 6.19. The summed E-state index contributed by atoms with van der Waals surface area (Å²) in [7, 11) is -3.73. The third-order valence-corrected chi connectivity index (χ3v) is 3.39. The number of carbonyl (C=O) groups is 2. The molecule has 0 amide bonds. The highest BCUT2D eigenvalue weighted by Crippen LogP contribution is 2.37. The van der Waals surface area contributed by atoms with E-state index < -0.39 is 39.0 Å². The van der Waals surface area contributed by atoms with Gasteiger partial charge >= 0.3 is 5.97 Å². The molecule has 118 valence electrons. The number of rotatable bonds is 4. The van der Waals surface area contributed by atoms with E-state index in [1.54, 1.807) is 18.2 Å². The number of sulfonamides is 1. The van der Waals surface area contributed by atoms with Gasteiger partial charge in [-0.25, -0.2) is 8.42 Å². The molecule has 1 aliphatic heterocycles. The SMILES string of the molecule is CC(=O)OC1=C(NS(C)(=O)=O)OC(C)(c2ccccn2)C1=O. The Balaban J connectivity index is 2.47. The van der Waals surface area contributed by atoms with Crippen molar-refractivity contribution in [1.29, 1.82) is 0 Å². The Morgan fingerprint density at radius 1 is 1.41 bits per heavy atom. The summed E-state index contributed by atoms with van der Waals surface area (Å²) in [4.78, 5) is 27.7. The van der Waals surface area contributed by atoms with Gasteiger partial charge in [0, 0.05) is 13.1 Å². The molecule has 0 spiro atoms. The van der Waals surface area contributed by atoms with Crippen LogP contribution in [0.15, 0.2) is 36.0 Å². The van der Waals surface area contributed by atoms with Crippen molar-refractivity contribution >= 4 is 21.8 Å². The molecule has 1 aromatic heterocycles. The molecule has 0 bridgehead atoms. The lowest BCUT2D eigenvalue weighted by molar-refractivity contribution is -0.142. The number of carbonyl (C=O) groups excluding carboxylic acids is 2. The first kappa shape index (κ1) is 16.0. The average molecular weight is 326 g/mol. The highest BCUT2D eigenvalue weighted by Gasteiger charge is 2.51. The van der Waals surface area contributed by atoms with E-state index in [1.807, 2.05) is 4.72 Å². The Labute approximate surface area is 127 Å². The number of nitrogens with one attached hydrogen (secondary N) is 1. The average Bonchev–Trinajstić information content (AvgIpc) is 2.63. The van der Waals surface area contributed by atoms with E-state index in [2.05, 4.69) is 4.98 Å². The molecule has 8 nitrogen and oxygen atoms in total. The number of ether oxygens (including phenoxy) is 2. The number of hydrogen-bond donors (Lipinski definition) is 1. The molecule has 0 aliphatic carbocycles. The molecule has 0 saturated carbocycles. The predicted octanol–water partition coefficient (Wildman–Crippen LogP) is 0.177. The zero-order valence-corrected chi connectivity index (χ0v) is 12.9. The van der Waals surface area contributed by atoms with Gasteiger partial charge in [0.2, 0.25) is 21.4 Å². The minimum atomic E-state index is -3.73. The lowest BCUT2D eigenvalue weighted by Crippen LogP contribution is -2.33. The number of Topliss-reactive ketones (excluding diaryl/α,β-unsaturated/α-hetero) is 1. The second kappa shape index (κ2) is 5.41. The maximum atomic E-state index is 12.5. The number of nitrogens with zero attached hydrogens (tertiary/aromatic N) is 1. The number of aromatic nitrogens is 1. The van der Waals surface area contributed by atoms with Gasteiger partial charge in [-0.05, 0) is 19.1 Å². The van der Waals surface area contributed by atoms with Crippen molar-refractivity contribution in [1.82, 2.24) is 9.71 Å². The van der Waals surface area contributed by atoms with E-state index in [4.69, 9.17) is 9.47 Å². The fourth-order valence-corrected chi connectivity index (χ4v) is 2.37. The highest BCUT2D eigenvalue weighted by atomic mass is 32.2. The second-order valence-electron chi connectivity index (χ2n) is 4.81. The van der Waals surface area contributed by atoms with E-state index in [-0.39, 0.29) is 5.69 Å². The van der Waals surface area contributed by atoms with Crippen LogP contribution in [0.5, 0.6) is 0 Å². The number of ketones is 1. The van der Waals surface area contributed by atoms with Crippen LogP contribution in [0.3, 0.4) is 0 Å². The third kappa shape index (κ3) is 3.08. The normalized spacial score (nSPS) is 21.5. The summed E-state index contributed by atoms with van der Waals surface area (Å²) in [6.07, 6.45) is 2.35. The fourth-order valence-electron chi connectivity index (χ4n) is 1.90. The molecule has 1 atom stereocenters. The molecule has 0 radical (unpaired) electrons. The molecule has 1 aliphatic rings. The van der Waals surface area contributed by atoms with Gasteiger partial charge in [0.15, 0.2) is 0 Å². The molecule has 9 heteroatoms. The van der Waals surface area contributed by atoms with Crippen LogP contribution < -0.4 is 4.72 Å². The van der Waals surface area contributed by atoms with E-state index in [0.29, 0.717) is 0 Å². The molecule has 0 fully saturated rings. The van der Waals surface area contributed by atoms with Crippen molar-refractivity contribution < 1.29 is 27.5 Å². The quantitative estimate of drug-likeness (QED) is 0.785. The molecule has 2 heterocycles. The molecular weight excluding hydrogens is 312 g/mol. The van der Waals surface area contributed by atoms with Crippen LogP contribution in [0.2, 0.25) is 0 Å². The van der Waals surface area contributed by atoms with Crippen LogP contribution in [0.1, 0.15) is 19.5 Å². The minimum Gasteiger partial charge on any atom is -0.454 e. The van der Waals surface area contributed by atoms with Gasteiger partial charge in [0.25, 0.3) is 11.7 Å². The summed E-state index contributed by atoms with van der Waals surface area (Å²) in [5, 5.41) is 0. The maximum Gasteiger partial charge on any atom is 0.308 e. The van der Waals surface area contributed by atoms with Crippen molar-refractivity contribution in [2.24, 2.45) is 0 Å². The standard InChI is InChI=1S/C13H14N2O6S/c1-8(16)20-10-11(17)13(2,9-6-4-5-7-14-9)21-12(10)15-22(3,18)19/h4-7,15H,1-3H3. The van der Waals surface area contributed by atoms with E-state index in [1.165, 1.54) is 13.1 Å². The maximum absolute atomic E-state index is 12.5. The number of pyridine rings is 1. The van der Waals surface area contributed by atoms with E-state index in [0.717, 1.165) is 13.2 Å². The molecule has 0 saturated heterocycles. The van der Waals surface area contributed by atoms with Crippen LogP contribution in [0.25, 0.3) is 0 Å². The fraction of sp³-hybridized carbons (Fsp3) is 0.308. The highest BCUT2D eigenvalue weighted by molar-refractivity contribution is 7.88. The monoisotopic (exact) mass is 326 g/mol. The first-order chi connectivity index (χ1) is 10.1. The Morgan fingerprint density at radius 2 is 2.09 bits per heavy atom. The second-order valence-corrected chi connectivity index (χ2v) is 6.55. The van der Waals surface area contributed by atoms with Gasteiger partial charge < -0.3 is 9.47 Å². The molecule has 2 rings (SSSR count). The summed E-state index contributed by atoms with van der Waals surface area (Å²) >= 11 is 0. The van der Waals surface area contributed by atoms with Gasteiger partial charge in [0.1, 0.15) is 0 Å². The predicted molar refractivity (Wildman–Crippen MR) is 74.5 cm³/mol. The van der Waals surface area contributed by atoms with Crippen molar-refractivity contribution in [3.05, 3.63) is 41.7 Å². The number of hydrogen-bond acceptors (Lipinski definition) is 7. The van der Waals surface area contributed by atoms with E-state index in [9.17, 15) is 18.0 Å². The Morgan fingerprint density at radius 3 is 2.59 bits per heavy atom. The van der Waals surface area contributed by atoms with Gasteiger partial charge in [-0.15, -0.1) is 0 Å². The molecular formula is C13H14N2O6S. The topological polar surface area (TPSA) is 112 Å². The Hall–Kier alpha value is -2.42. The zero-order valence-electron chi connectivity index (χ0n) is 12.1. The molecule has 1 N–H and O–H groups in total. The smallest absolute Gasteiger partial charge is 0.308 e. The molecule has 0 aromatic carbocycles. The summed E-state index contributed by atoms with van der Waals surface area (Å²) in [6.45, 7) is 2.51.